The van der Waals surface area contributed by atoms with E-state index in [4.69, 9.17) is 0 Å². The van der Waals surface area contributed by atoms with Crippen molar-refractivity contribution < 1.29 is 9.59 Å². The molecule has 2 amide bonds. The molecule has 0 radical (unpaired) electrons. The first kappa shape index (κ1) is 12.2. The normalized spacial score (nSPS) is 17.5. The Bertz CT molecular complexity index is 660. The van der Waals surface area contributed by atoms with Crippen LogP contribution in [0.3, 0.4) is 0 Å². The highest BCUT2D eigenvalue weighted by Crippen LogP contribution is 2.37. The van der Waals surface area contributed by atoms with E-state index < -0.39 is 0 Å². The lowest BCUT2D eigenvalue weighted by Gasteiger charge is -2.07. The van der Waals surface area contributed by atoms with Gasteiger partial charge in [0.25, 0.3) is 11.1 Å². The number of benzene rings is 1. The van der Waals surface area contributed by atoms with E-state index in [1.165, 1.54) is 0 Å². The molecule has 19 heavy (non-hydrogen) atoms. The molecule has 1 saturated heterocycles. The van der Waals surface area contributed by atoms with Gasteiger partial charge in [-0.1, -0.05) is 36.4 Å². The Morgan fingerprint density at radius 3 is 2.37 bits per heavy atom. The summed E-state index contributed by atoms with van der Waals surface area (Å²) >= 11 is 2.52. The first-order valence-electron chi connectivity index (χ1n) is 5.62. The van der Waals surface area contributed by atoms with Crippen molar-refractivity contribution in [1.29, 1.82) is 0 Å². The van der Waals surface area contributed by atoms with E-state index in [-0.39, 0.29) is 11.1 Å². The Morgan fingerprint density at radius 1 is 1.00 bits per heavy atom. The van der Waals surface area contributed by atoms with E-state index in [1.807, 2.05) is 47.8 Å². The van der Waals surface area contributed by atoms with E-state index in [0.29, 0.717) is 4.91 Å². The van der Waals surface area contributed by atoms with Gasteiger partial charge in [0.1, 0.15) is 0 Å². The smallest absolute Gasteiger partial charge is 0.282 e. The number of thiophene rings is 1. The molecule has 3 nitrogen and oxygen atoms in total. The van der Waals surface area contributed by atoms with Gasteiger partial charge in [-0.25, -0.2) is 0 Å². The summed E-state index contributed by atoms with van der Waals surface area (Å²) in [5, 5.41) is 3.95. The molecule has 0 aliphatic carbocycles. The molecule has 0 atom stereocenters. The minimum atomic E-state index is -0.317. The first-order valence-corrected chi connectivity index (χ1v) is 7.32. The number of hydrogen-bond donors (Lipinski definition) is 1. The van der Waals surface area contributed by atoms with Gasteiger partial charge in [-0.3, -0.25) is 14.9 Å². The summed E-state index contributed by atoms with van der Waals surface area (Å²) in [7, 11) is 0. The molecule has 5 heteroatoms. The molecule has 1 aliphatic heterocycles. The lowest BCUT2D eigenvalue weighted by atomic mass is 10.0. The number of thioether (sulfide) groups is 1. The fourth-order valence-electron chi connectivity index (χ4n) is 1.89. The van der Waals surface area contributed by atoms with Gasteiger partial charge in [0.15, 0.2) is 0 Å². The third-order valence-electron chi connectivity index (χ3n) is 2.67. The van der Waals surface area contributed by atoms with Crippen LogP contribution < -0.4 is 5.32 Å². The van der Waals surface area contributed by atoms with Gasteiger partial charge in [0.05, 0.1) is 4.91 Å². The highest BCUT2D eigenvalue weighted by atomic mass is 32.2. The van der Waals surface area contributed by atoms with E-state index in [0.717, 1.165) is 27.8 Å². The van der Waals surface area contributed by atoms with Crippen LogP contribution in [0.4, 0.5) is 4.79 Å². The van der Waals surface area contributed by atoms with Crippen LogP contribution in [0.2, 0.25) is 0 Å². The molecule has 94 valence electrons. The van der Waals surface area contributed by atoms with Crippen LogP contribution in [-0.2, 0) is 4.79 Å². The van der Waals surface area contributed by atoms with Crippen LogP contribution in [0.15, 0.2) is 52.7 Å². The minimum Gasteiger partial charge on any atom is -0.282 e. The summed E-state index contributed by atoms with van der Waals surface area (Å²) in [6.07, 6.45) is 0. The minimum absolute atomic E-state index is 0.315. The van der Waals surface area contributed by atoms with Gasteiger partial charge in [0.2, 0.25) is 0 Å². The second kappa shape index (κ2) is 5.03. The molecule has 1 fully saturated rings. The highest BCUT2D eigenvalue weighted by Gasteiger charge is 2.29. The summed E-state index contributed by atoms with van der Waals surface area (Å²) < 4.78 is 0. The van der Waals surface area contributed by atoms with Crippen LogP contribution in [-0.4, -0.2) is 11.1 Å². The zero-order chi connectivity index (χ0) is 13.2. The maximum Gasteiger partial charge on any atom is 0.290 e. The Labute approximate surface area is 118 Å². The van der Waals surface area contributed by atoms with Crippen LogP contribution >= 0.6 is 23.1 Å². The molecular formula is C14H9NO2S2. The summed E-state index contributed by atoms with van der Waals surface area (Å²) in [6.45, 7) is 0. The average molecular weight is 287 g/mol. The molecule has 1 aromatic heterocycles. The molecule has 1 aromatic carbocycles. The summed E-state index contributed by atoms with van der Waals surface area (Å²) in [4.78, 5) is 24.7. The number of amides is 2. The van der Waals surface area contributed by atoms with Gasteiger partial charge in [-0.15, -0.1) is 11.3 Å². The maximum absolute atomic E-state index is 11.9. The van der Waals surface area contributed by atoms with Gasteiger partial charge in [-0.05, 0) is 28.8 Å². The lowest BCUT2D eigenvalue weighted by Crippen LogP contribution is -2.18. The van der Waals surface area contributed by atoms with E-state index in [9.17, 15) is 9.59 Å². The SMILES string of the molecule is O=C1NC(=O)/C(=C(/c2ccccc2)c2cccs2)S1. The average Bonchev–Trinajstić information content (AvgIpc) is 3.03. The van der Waals surface area contributed by atoms with E-state index in [2.05, 4.69) is 5.32 Å². The van der Waals surface area contributed by atoms with Crippen molar-refractivity contribution in [1.82, 2.24) is 5.32 Å². The molecule has 2 heterocycles. The molecular weight excluding hydrogens is 278 g/mol. The fraction of sp³-hybridized carbons (Fsp3) is 0. The molecule has 0 unspecified atom stereocenters. The monoisotopic (exact) mass is 287 g/mol. The third kappa shape index (κ3) is 2.34. The second-order valence-electron chi connectivity index (χ2n) is 3.89. The van der Waals surface area contributed by atoms with Crippen molar-refractivity contribution in [2.24, 2.45) is 0 Å². The number of hydrogen-bond acceptors (Lipinski definition) is 4. The number of nitrogens with one attached hydrogen (secondary N) is 1. The van der Waals surface area contributed by atoms with Gasteiger partial charge in [-0.2, -0.15) is 0 Å². The second-order valence-corrected chi connectivity index (χ2v) is 5.82. The number of imide groups is 1. The van der Waals surface area contributed by atoms with Crippen molar-refractivity contribution >= 4 is 39.8 Å². The maximum atomic E-state index is 11.9. The largest absolute Gasteiger partial charge is 0.290 e. The Kier molecular flexibility index (Phi) is 3.23. The molecule has 1 N–H and O–H groups in total. The van der Waals surface area contributed by atoms with Gasteiger partial charge < -0.3 is 0 Å². The standard InChI is InChI=1S/C14H9NO2S2/c16-13-12(19-14(17)15-13)11(10-7-4-8-18-10)9-5-2-1-3-6-9/h1-8H,(H,15,16,17)/b12-11+. The predicted molar refractivity (Wildman–Crippen MR) is 77.9 cm³/mol. The van der Waals surface area contributed by atoms with Crippen molar-refractivity contribution in [2.75, 3.05) is 0 Å². The molecule has 2 aromatic rings. The molecule has 0 bridgehead atoms. The van der Waals surface area contributed by atoms with Crippen LogP contribution in [0.25, 0.3) is 5.57 Å². The predicted octanol–water partition coefficient (Wildman–Crippen LogP) is 3.49. The third-order valence-corrected chi connectivity index (χ3v) is 4.44. The molecule has 0 saturated carbocycles. The van der Waals surface area contributed by atoms with E-state index in [1.54, 1.807) is 11.3 Å². The number of carbonyl (C=O) groups excluding carboxylic acids is 2. The zero-order valence-corrected chi connectivity index (χ0v) is 11.4. The van der Waals surface area contributed by atoms with Crippen molar-refractivity contribution in [3.8, 4) is 0 Å². The molecule has 3 rings (SSSR count). The van der Waals surface area contributed by atoms with Crippen LogP contribution in [0, 0.1) is 0 Å². The van der Waals surface area contributed by atoms with Gasteiger partial charge >= 0.3 is 0 Å². The van der Waals surface area contributed by atoms with Crippen molar-refractivity contribution in [2.45, 2.75) is 0 Å². The molecule has 1 aliphatic rings. The fourth-order valence-corrected chi connectivity index (χ4v) is 3.56. The Morgan fingerprint density at radius 2 is 1.79 bits per heavy atom. The van der Waals surface area contributed by atoms with Crippen molar-refractivity contribution in [3.05, 3.63) is 63.2 Å². The zero-order valence-electron chi connectivity index (χ0n) is 9.75. The molecule has 0 spiro atoms. The van der Waals surface area contributed by atoms with Crippen LogP contribution in [0.1, 0.15) is 10.4 Å². The van der Waals surface area contributed by atoms with E-state index >= 15 is 0 Å². The quantitative estimate of drug-likeness (QED) is 0.860. The number of rotatable bonds is 2. The van der Waals surface area contributed by atoms with Gasteiger partial charge in [0, 0.05) is 10.5 Å². The highest BCUT2D eigenvalue weighted by molar-refractivity contribution is 8.18. The summed E-state index contributed by atoms with van der Waals surface area (Å²) in [5.74, 6) is -0.317. The first-order chi connectivity index (χ1) is 9.25. The van der Waals surface area contributed by atoms with Crippen molar-refractivity contribution in [3.63, 3.8) is 0 Å². The van der Waals surface area contributed by atoms with Crippen LogP contribution in [0.5, 0.6) is 0 Å². The Balaban J connectivity index is 2.21. The topological polar surface area (TPSA) is 46.2 Å². The lowest BCUT2D eigenvalue weighted by molar-refractivity contribution is -0.115. The Hall–Kier alpha value is -1.85. The summed E-state index contributed by atoms with van der Waals surface area (Å²) in [5.41, 5.74) is 1.77. The summed E-state index contributed by atoms with van der Waals surface area (Å²) in [6, 6.07) is 13.5. The number of carbonyl (C=O) groups is 2.